The molecule has 1 atom stereocenters. The summed E-state index contributed by atoms with van der Waals surface area (Å²) in [5.74, 6) is 0. The van der Waals surface area contributed by atoms with Gasteiger partial charge in [0, 0.05) is 23.4 Å². The van der Waals surface area contributed by atoms with Crippen molar-refractivity contribution in [2.75, 3.05) is 11.9 Å². The van der Waals surface area contributed by atoms with E-state index in [4.69, 9.17) is 16.3 Å². The van der Waals surface area contributed by atoms with Crippen molar-refractivity contribution in [3.63, 3.8) is 0 Å². The number of nitrogens with one attached hydrogen (secondary N) is 1. The third kappa shape index (κ3) is 2.43. The van der Waals surface area contributed by atoms with Crippen LogP contribution in [0.2, 0.25) is 5.02 Å². The summed E-state index contributed by atoms with van der Waals surface area (Å²) >= 11 is 5.88. The van der Waals surface area contributed by atoms with Gasteiger partial charge in [0.2, 0.25) is 0 Å². The summed E-state index contributed by atoms with van der Waals surface area (Å²) in [6, 6.07) is 8.51. The van der Waals surface area contributed by atoms with Crippen molar-refractivity contribution in [1.29, 1.82) is 0 Å². The first-order chi connectivity index (χ1) is 8.26. The highest BCUT2D eigenvalue weighted by Crippen LogP contribution is 2.42. The Hall–Kier alpha value is -0.730. The second-order valence-electron chi connectivity index (χ2n) is 5.23. The fraction of sp³-hybridized carbons (Fsp3) is 0.571. The first-order valence-electron chi connectivity index (χ1n) is 6.42. The Labute approximate surface area is 107 Å². The summed E-state index contributed by atoms with van der Waals surface area (Å²) in [6.45, 7) is 0.894. The van der Waals surface area contributed by atoms with E-state index in [1.807, 2.05) is 24.3 Å². The van der Waals surface area contributed by atoms with Crippen LogP contribution >= 0.6 is 11.6 Å². The highest BCUT2D eigenvalue weighted by atomic mass is 35.5. The van der Waals surface area contributed by atoms with Gasteiger partial charge in [-0.2, -0.15) is 0 Å². The average Bonchev–Trinajstić information content (AvgIpc) is 2.31. The van der Waals surface area contributed by atoms with Crippen molar-refractivity contribution in [2.24, 2.45) is 0 Å². The van der Waals surface area contributed by atoms with Gasteiger partial charge in [-0.15, -0.1) is 0 Å². The van der Waals surface area contributed by atoms with Crippen molar-refractivity contribution >= 4 is 17.3 Å². The molecule has 92 valence electrons. The van der Waals surface area contributed by atoms with Crippen LogP contribution in [0.3, 0.4) is 0 Å². The molecule has 1 aromatic carbocycles. The molecule has 1 saturated heterocycles. The lowest BCUT2D eigenvalue weighted by molar-refractivity contribution is -0.130. The number of anilines is 1. The Kier molecular flexibility index (Phi) is 3.01. The largest absolute Gasteiger partial charge is 0.382 e. The lowest BCUT2D eigenvalue weighted by Crippen LogP contribution is -2.48. The number of benzene rings is 1. The van der Waals surface area contributed by atoms with E-state index in [1.54, 1.807) is 0 Å². The van der Waals surface area contributed by atoms with E-state index >= 15 is 0 Å². The average molecular weight is 252 g/mol. The van der Waals surface area contributed by atoms with Gasteiger partial charge >= 0.3 is 0 Å². The molecule has 2 nitrogen and oxygen atoms in total. The fourth-order valence-electron chi connectivity index (χ4n) is 2.85. The standard InChI is InChI=1S/C14H18ClNO/c15-11-2-4-12(5-3-11)16-13-6-9-17-14(10-13)7-1-8-14/h2-5,13,16H,1,6-10H2. The van der Waals surface area contributed by atoms with Gasteiger partial charge in [-0.25, -0.2) is 0 Å². The van der Waals surface area contributed by atoms with E-state index < -0.39 is 0 Å². The zero-order chi connectivity index (χ0) is 11.7. The molecule has 3 rings (SSSR count). The zero-order valence-corrected chi connectivity index (χ0v) is 10.7. The molecule has 1 N–H and O–H groups in total. The van der Waals surface area contributed by atoms with Crippen LogP contribution in [0, 0.1) is 0 Å². The highest BCUT2D eigenvalue weighted by Gasteiger charge is 2.42. The summed E-state index contributed by atoms with van der Waals surface area (Å²) in [7, 11) is 0. The van der Waals surface area contributed by atoms with Crippen LogP contribution in [-0.2, 0) is 4.74 Å². The lowest BCUT2D eigenvalue weighted by Gasteiger charge is -2.47. The lowest BCUT2D eigenvalue weighted by atomic mass is 9.74. The van der Waals surface area contributed by atoms with Crippen molar-refractivity contribution in [2.45, 2.75) is 43.7 Å². The predicted octanol–water partition coefficient (Wildman–Crippen LogP) is 3.85. The second kappa shape index (κ2) is 4.51. The summed E-state index contributed by atoms with van der Waals surface area (Å²) in [6.07, 6.45) is 6.06. The summed E-state index contributed by atoms with van der Waals surface area (Å²) in [4.78, 5) is 0. The molecule has 0 aromatic heterocycles. The molecule has 1 unspecified atom stereocenters. The monoisotopic (exact) mass is 251 g/mol. The molecule has 1 aromatic rings. The fourth-order valence-corrected chi connectivity index (χ4v) is 2.98. The van der Waals surface area contributed by atoms with Gasteiger partial charge < -0.3 is 10.1 Å². The number of ether oxygens (including phenoxy) is 1. The van der Waals surface area contributed by atoms with E-state index in [9.17, 15) is 0 Å². The number of hydrogen-bond donors (Lipinski definition) is 1. The summed E-state index contributed by atoms with van der Waals surface area (Å²) in [5, 5.41) is 4.38. The van der Waals surface area contributed by atoms with Gasteiger partial charge in [-0.1, -0.05) is 11.6 Å². The summed E-state index contributed by atoms with van der Waals surface area (Å²) < 4.78 is 5.93. The van der Waals surface area contributed by atoms with E-state index in [1.165, 1.54) is 19.3 Å². The first kappa shape index (κ1) is 11.4. The quantitative estimate of drug-likeness (QED) is 0.862. The Balaban J connectivity index is 1.63. The summed E-state index contributed by atoms with van der Waals surface area (Å²) in [5.41, 5.74) is 1.37. The van der Waals surface area contributed by atoms with Crippen LogP contribution in [-0.4, -0.2) is 18.2 Å². The highest BCUT2D eigenvalue weighted by molar-refractivity contribution is 6.30. The second-order valence-corrected chi connectivity index (χ2v) is 5.66. The third-order valence-electron chi connectivity index (χ3n) is 3.97. The SMILES string of the molecule is Clc1ccc(NC2CCOC3(CCC3)C2)cc1. The maximum absolute atomic E-state index is 5.93. The van der Waals surface area contributed by atoms with Gasteiger partial charge in [-0.3, -0.25) is 0 Å². The predicted molar refractivity (Wildman–Crippen MR) is 70.6 cm³/mol. The Morgan fingerprint density at radius 2 is 2.00 bits per heavy atom. The first-order valence-corrected chi connectivity index (χ1v) is 6.80. The molecule has 1 aliphatic heterocycles. The van der Waals surface area contributed by atoms with Gasteiger partial charge in [0.15, 0.2) is 0 Å². The topological polar surface area (TPSA) is 21.3 Å². The van der Waals surface area contributed by atoms with E-state index in [2.05, 4.69) is 5.32 Å². The van der Waals surface area contributed by atoms with Crippen molar-refractivity contribution in [3.05, 3.63) is 29.3 Å². The molecule has 1 saturated carbocycles. The Morgan fingerprint density at radius 3 is 2.65 bits per heavy atom. The van der Waals surface area contributed by atoms with Crippen molar-refractivity contribution in [3.8, 4) is 0 Å². The normalized spacial score (nSPS) is 26.5. The molecule has 1 heterocycles. The van der Waals surface area contributed by atoms with Crippen molar-refractivity contribution in [1.82, 2.24) is 0 Å². The van der Waals surface area contributed by atoms with E-state index in [0.717, 1.165) is 30.2 Å². The van der Waals surface area contributed by atoms with Gasteiger partial charge in [0.25, 0.3) is 0 Å². The maximum atomic E-state index is 5.93. The maximum Gasteiger partial charge on any atom is 0.0702 e. The molecule has 2 fully saturated rings. The molecule has 1 spiro atoms. The molecule has 0 bridgehead atoms. The molecule has 17 heavy (non-hydrogen) atoms. The smallest absolute Gasteiger partial charge is 0.0702 e. The molecule has 0 radical (unpaired) electrons. The Bertz CT molecular complexity index is 386. The molecular weight excluding hydrogens is 234 g/mol. The van der Waals surface area contributed by atoms with Crippen LogP contribution in [0.1, 0.15) is 32.1 Å². The number of hydrogen-bond acceptors (Lipinski definition) is 2. The van der Waals surface area contributed by atoms with E-state index in [0.29, 0.717) is 6.04 Å². The van der Waals surface area contributed by atoms with E-state index in [-0.39, 0.29) is 5.60 Å². The molecule has 3 heteroatoms. The number of halogens is 1. The van der Waals surface area contributed by atoms with Gasteiger partial charge in [0.05, 0.1) is 5.60 Å². The van der Waals surface area contributed by atoms with Crippen LogP contribution in [0.25, 0.3) is 0 Å². The van der Waals surface area contributed by atoms with Crippen LogP contribution in [0.4, 0.5) is 5.69 Å². The minimum atomic E-state index is 0.211. The Morgan fingerprint density at radius 1 is 1.24 bits per heavy atom. The molecule has 2 aliphatic rings. The minimum absolute atomic E-state index is 0.211. The minimum Gasteiger partial charge on any atom is -0.382 e. The van der Waals surface area contributed by atoms with Crippen LogP contribution < -0.4 is 5.32 Å². The van der Waals surface area contributed by atoms with Gasteiger partial charge in [-0.05, 0) is 56.4 Å². The van der Waals surface area contributed by atoms with Crippen LogP contribution in [0.15, 0.2) is 24.3 Å². The molecule has 1 aliphatic carbocycles. The molecular formula is C14H18ClNO. The van der Waals surface area contributed by atoms with Crippen LogP contribution in [0.5, 0.6) is 0 Å². The number of rotatable bonds is 2. The third-order valence-corrected chi connectivity index (χ3v) is 4.22. The zero-order valence-electron chi connectivity index (χ0n) is 9.92. The van der Waals surface area contributed by atoms with Gasteiger partial charge in [0.1, 0.15) is 0 Å². The molecule has 0 amide bonds. The van der Waals surface area contributed by atoms with Crippen molar-refractivity contribution < 1.29 is 4.74 Å².